The number of aryl methyl sites for hydroxylation is 1. The van der Waals surface area contributed by atoms with E-state index in [1.165, 1.54) is 0 Å². The van der Waals surface area contributed by atoms with Gasteiger partial charge in [-0.15, -0.1) is 0 Å². The van der Waals surface area contributed by atoms with E-state index in [0.29, 0.717) is 5.92 Å². The van der Waals surface area contributed by atoms with E-state index >= 15 is 0 Å². The van der Waals surface area contributed by atoms with Crippen molar-refractivity contribution in [3.63, 3.8) is 0 Å². The highest BCUT2D eigenvalue weighted by atomic mass is 79.9. The average Bonchev–Trinajstić information content (AvgIpc) is 2.29. The summed E-state index contributed by atoms with van der Waals surface area (Å²) < 4.78 is 2.86. The Morgan fingerprint density at radius 2 is 2.23 bits per heavy atom. The highest BCUT2D eigenvalue weighted by Gasteiger charge is 2.15. The van der Waals surface area contributed by atoms with Crippen molar-refractivity contribution in [3.05, 3.63) is 16.4 Å². The van der Waals surface area contributed by atoms with Crippen molar-refractivity contribution in [2.24, 2.45) is 7.05 Å². The van der Waals surface area contributed by atoms with Crippen molar-refractivity contribution >= 4 is 15.9 Å². The van der Waals surface area contributed by atoms with Gasteiger partial charge in [0.25, 0.3) is 0 Å². The molecule has 0 saturated carbocycles. The molecule has 1 rings (SSSR count). The predicted octanol–water partition coefficient (Wildman–Crippen LogP) is 2.06. The van der Waals surface area contributed by atoms with E-state index in [2.05, 4.69) is 28.0 Å². The second kappa shape index (κ2) is 4.24. The minimum absolute atomic E-state index is 0.267. The lowest BCUT2D eigenvalue weighted by Crippen LogP contribution is -2.10. The Bertz CT molecular complexity index is 264. The Hall–Kier alpha value is -0.350. The quantitative estimate of drug-likeness (QED) is 0.887. The highest BCUT2D eigenvalue weighted by Crippen LogP contribution is 2.27. The van der Waals surface area contributed by atoms with Crippen LogP contribution in [0.25, 0.3) is 0 Å². The molecule has 1 aromatic heterocycles. The van der Waals surface area contributed by atoms with Gasteiger partial charge in [0, 0.05) is 13.0 Å². The molecule has 0 aromatic carbocycles. The van der Waals surface area contributed by atoms with Crippen LogP contribution in [-0.4, -0.2) is 21.0 Å². The summed E-state index contributed by atoms with van der Waals surface area (Å²) in [5.74, 6) is 0.321. The third-order valence-corrected chi connectivity index (χ3v) is 2.71. The van der Waals surface area contributed by atoms with Gasteiger partial charge in [0.05, 0.1) is 22.5 Å². The first-order valence-electron chi connectivity index (χ1n) is 4.37. The van der Waals surface area contributed by atoms with Crippen LogP contribution >= 0.6 is 15.9 Å². The standard InChI is InChI=1S/C9H15BrN2O/c1-6(4-7(2)13)9-8(10)5-11-12(9)3/h5-7,13H,4H2,1-3H3. The van der Waals surface area contributed by atoms with Gasteiger partial charge in [0.2, 0.25) is 0 Å². The second-order valence-electron chi connectivity index (χ2n) is 3.49. The first-order chi connectivity index (χ1) is 6.02. The molecule has 0 fully saturated rings. The van der Waals surface area contributed by atoms with Crippen LogP contribution in [0.2, 0.25) is 0 Å². The van der Waals surface area contributed by atoms with Crippen molar-refractivity contribution in [3.8, 4) is 0 Å². The third kappa shape index (κ3) is 2.54. The molecule has 2 unspecified atom stereocenters. The molecule has 3 nitrogen and oxygen atoms in total. The van der Waals surface area contributed by atoms with Gasteiger partial charge in [-0.3, -0.25) is 4.68 Å². The summed E-state index contributed by atoms with van der Waals surface area (Å²) in [5.41, 5.74) is 1.14. The number of halogens is 1. The summed E-state index contributed by atoms with van der Waals surface area (Å²) in [6.07, 6.45) is 2.28. The third-order valence-electron chi connectivity index (χ3n) is 2.10. The molecule has 0 aliphatic heterocycles. The maximum Gasteiger partial charge on any atom is 0.0635 e. The summed E-state index contributed by atoms with van der Waals surface area (Å²) in [5, 5.41) is 13.4. The first kappa shape index (κ1) is 10.7. The number of hydrogen-bond donors (Lipinski definition) is 1. The SMILES string of the molecule is CC(O)CC(C)c1c(Br)cnn1C. The Morgan fingerprint density at radius 1 is 1.62 bits per heavy atom. The lowest BCUT2D eigenvalue weighted by Gasteiger charge is -2.14. The van der Waals surface area contributed by atoms with Crippen LogP contribution < -0.4 is 0 Å². The number of nitrogens with zero attached hydrogens (tertiary/aromatic N) is 2. The van der Waals surface area contributed by atoms with E-state index < -0.39 is 0 Å². The molecule has 0 saturated heterocycles. The van der Waals surface area contributed by atoms with Crippen LogP contribution in [-0.2, 0) is 7.05 Å². The zero-order valence-corrected chi connectivity index (χ0v) is 9.74. The lowest BCUT2D eigenvalue weighted by atomic mass is 10.0. The fourth-order valence-corrected chi connectivity index (χ4v) is 2.34. The van der Waals surface area contributed by atoms with Crippen molar-refractivity contribution in [1.29, 1.82) is 0 Å². The van der Waals surface area contributed by atoms with Crippen LogP contribution in [0.5, 0.6) is 0 Å². The molecule has 0 spiro atoms. The van der Waals surface area contributed by atoms with Crippen LogP contribution in [0.3, 0.4) is 0 Å². The minimum Gasteiger partial charge on any atom is -0.393 e. The fourth-order valence-electron chi connectivity index (χ4n) is 1.60. The van der Waals surface area contributed by atoms with Gasteiger partial charge in [-0.05, 0) is 29.3 Å². The molecule has 0 radical (unpaired) electrons. The van der Waals surface area contributed by atoms with Gasteiger partial charge in [-0.25, -0.2) is 0 Å². The van der Waals surface area contributed by atoms with Crippen LogP contribution in [0.15, 0.2) is 10.7 Å². The lowest BCUT2D eigenvalue weighted by molar-refractivity contribution is 0.175. The molecular formula is C9H15BrN2O. The van der Waals surface area contributed by atoms with E-state index in [1.54, 1.807) is 13.1 Å². The van der Waals surface area contributed by atoms with E-state index in [4.69, 9.17) is 0 Å². The summed E-state index contributed by atoms with van der Waals surface area (Å²) in [4.78, 5) is 0. The molecular weight excluding hydrogens is 232 g/mol. The predicted molar refractivity (Wildman–Crippen MR) is 55.6 cm³/mol. The van der Waals surface area contributed by atoms with E-state index in [9.17, 15) is 5.11 Å². The summed E-state index contributed by atoms with van der Waals surface area (Å²) in [6.45, 7) is 3.90. The zero-order valence-electron chi connectivity index (χ0n) is 8.16. The van der Waals surface area contributed by atoms with Crippen LogP contribution in [0, 0.1) is 0 Å². The molecule has 0 bridgehead atoms. The molecule has 1 aromatic rings. The molecule has 4 heteroatoms. The summed E-state index contributed by atoms with van der Waals surface area (Å²) in [7, 11) is 1.92. The maximum atomic E-state index is 9.26. The van der Waals surface area contributed by atoms with Gasteiger partial charge in [0.15, 0.2) is 0 Å². The van der Waals surface area contributed by atoms with Gasteiger partial charge >= 0.3 is 0 Å². The van der Waals surface area contributed by atoms with Crippen molar-refractivity contribution in [2.75, 3.05) is 0 Å². The minimum atomic E-state index is -0.267. The average molecular weight is 247 g/mol. The largest absolute Gasteiger partial charge is 0.393 e. The van der Waals surface area contributed by atoms with Crippen molar-refractivity contribution in [1.82, 2.24) is 9.78 Å². The molecule has 2 atom stereocenters. The number of aliphatic hydroxyl groups is 1. The normalized spacial score (nSPS) is 15.8. The highest BCUT2D eigenvalue weighted by molar-refractivity contribution is 9.10. The molecule has 13 heavy (non-hydrogen) atoms. The molecule has 0 amide bonds. The van der Waals surface area contributed by atoms with Crippen molar-refractivity contribution < 1.29 is 5.11 Å². The monoisotopic (exact) mass is 246 g/mol. The summed E-state index contributed by atoms with van der Waals surface area (Å²) in [6, 6.07) is 0. The first-order valence-corrected chi connectivity index (χ1v) is 5.17. The molecule has 1 N–H and O–H groups in total. The number of hydrogen-bond acceptors (Lipinski definition) is 2. The van der Waals surface area contributed by atoms with Crippen LogP contribution in [0.4, 0.5) is 0 Å². The van der Waals surface area contributed by atoms with Gasteiger partial charge in [-0.1, -0.05) is 6.92 Å². The van der Waals surface area contributed by atoms with Gasteiger partial charge in [0.1, 0.15) is 0 Å². The number of aromatic nitrogens is 2. The molecule has 0 aliphatic rings. The Morgan fingerprint density at radius 3 is 2.62 bits per heavy atom. The molecule has 74 valence electrons. The topological polar surface area (TPSA) is 38.1 Å². The zero-order chi connectivity index (χ0) is 10.0. The van der Waals surface area contributed by atoms with E-state index in [1.807, 2.05) is 11.7 Å². The van der Waals surface area contributed by atoms with Crippen LogP contribution in [0.1, 0.15) is 31.9 Å². The van der Waals surface area contributed by atoms with Gasteiger partial charge < -0.3 is 5.11 Å². The molecule has 0 aliphatic carbocycles. The smallest absolute Gasteiger partial charge is 0.0635 e. The number of aliphatic hydroxyl groups excluding tert-OH is 1. The van der Waals surface area contributed by atoms with E-state index in [-0.39, 0.29) is 6.10 Å². The second-order valence-corrected chi connectivity index (χ2v) is 4.34. The fraction of sp³-hybridized carbons (Fsp3) is 0.667. The Kier molecular flexibility index (Phi) is 3.50. The van der Waals surface area contributed by atoms with Crippen molar-refractivity contribution in [2.45, 2.75) is 32.3 Å². The molecule has 1 heterocycles. The maximum absolute atomic E-state index is 9.26. The van der Waals surface area contributed by atoms with Gasteiger partial charge in [-0.2, -0.15) is 5.10 Å². The Labute approximate surface area is 86.9 Å². The summed E-state index contributed by atoms with van der Waals surface area (Å²) >= 11 is 3.44. The number of rotatable bonds is 3. The van der Waals surface area contributed by atoms with E-state index in [0.717, 1.165) is 16.6 Å². The Balaban J connectivity index is 2.81.